The van der Waals surface area contributed by atoms with Gasteiger partial charge in [0.25, 0.3) is 0 Å². The third kappa shape index (κ3) is 5.25. The fourth-order valence-electron chi connectivity index (χ4n) is 1.10. The molecule has 15 heavy (non-hydrogen) atoms. The van der Waals surface area contributed by atoms with Crippen molar-refractivity contribution in [2.45, 2.75) is 45.8 Å². The zero-order valence-electron chi connectivity index (χ0n) is 9.78. The van der Waals surface area contributed by atoms with Crippen molar-refractivity contribution < 1.29 is 9.84 Å². The van der Waals surface area contributed by atoms with Gasteiger partial charge in [-0.3, -0.25) is 0 Å². The van der Waals surface area contributed by atoms with Gasteiger partial charge in [0.2, 0.25) is 0 Å². The SMILES string of the molecule is Cc1csc(CC(O)COC(C)(C)C)n1. The summed E-state index contributed by atoms with van der Waals surface area (Å²) in [6.07, 6.45) is 0.115. The van der Waals surface area contributed by atoms with Gasteiger partial charge < -0.3 is 9.84 Å². The lowest BCUT2D eigenvalue weighted by Gasteiger charge is -2.21. The van der Waals surface area contributed by atoms with E-state index in [9.17, 15) is 5.11 Å². The predicted octanol–water partition coefficient (Wildman–Crippen LogP) is 2.17. The smallest absolute Gasteiger partial charge is 0.0954 e. The second-order valence-corrected chi connectivity index (χ2v) is 5.61. The lowest BCUT2D eigenvalue weighted by atomic mass is 10.2. The van der Waals surface area contributed by atoms with Gasteiger partial charge in [-0.2, -0.15) is 0 Å². The van der Waals surface area contributed by atoms with Crippen LogP contribution in [0, 0.1) is 6.92 Å². The summed E-state index contributed by atoms with van der Waals surface area (Å²) in [5.74, 6) is 0. The Kier molecular flexibility index (Phi) is 4.25. The summed E-state index contributed by atoms with van der Waals surface area (Å²) in [6.45, 7) is 8.26. The van der Waals surface area contributed by atoms with Gasteiger partial charge in [-0.05, 0) is 27.7 Å². The molecule has 0 spiro atoms. The van der Waals surface area contributed by atoms with Crippen molar-refractivity contribution >= 4 is 11.3 Å². The monoisotopic (exact) mass is 229 g/mol. The Morgan fingerprint density at radius 1 is 1.53 bits per heavy atom. The Bertz CT molecular complexity index is 304. The summed E-state index contributed by atoms with van der Waals surface area (Å²) in [5.41, 5.74) is 0.818. The first-order chi connectivity index (χ1) is 6.87. The third-order valence-electron chi connectivity index (χ3n) is 1.79. The zero-order chi connectivity index (χ0) is 11.5. The normalized spacial score (nSPS) is 14.2. The molecule has 1 aromatic heterocycles. The number of rotatable bonds is 4. The molecule has 0 radical (unpaired) electrons. The van der Waals surface area contributed by atoms with Crippen LogP contribution in [-0.2, 0) is 11.2 Å². The molecule has 0 saturated carbocycles. The summed E-state index contributed by atoms with van der Waals surface area (Å²) < 4.78 is 5.50. The van der Waals surface area contributed by atoms with Crippen molar-refractivity contribution in [1.29, 1.82) is 0 Å². The van der Waals surface area contributed by atoms with E-state index in [1.807, 2.05) is 33.1 Å². The second-order valence-electron chi connectivity index (χ2n) is 4.66. The van der Waals surface area contributed by atoms with Gasteiger partial charge in [0.05, 0.1) is 23.3 Å². The van der Waals surface area contributed by atoms with E-state index in [0.717, 1.165) is 10.7 Å². The molecule has 1 rings (SSSR count). The minimum Gasteiger partial charge on any atom is -0.390 e. The van der Waals surface area contributed by atoms with Crippen LogP contribution in [0.4, 0.5) is 0 Å². The number of aryl methyl sites for hydroxylation is 1. The van der Waals surface area contributed by atoms with Crippen LogP contribution in [-0.4, -0.2) is 28.4 Å². The Labute approximate surface area is 95.1 Å². The van der Waals surface area contributed by atoms with Crippen molar-refractivity contribution in [1.82, 2.24) is 4.98 Å². The van der Waals surface area contributed by atoms with Gasteiger partial charge in [-0.15, -0.1) is 11.3 Å². The van der Waals surface area contributed by atoms with Gasteiger partial charge in [0.15, 0.2) is 0 Å². The molecule has 1 unspecified atom stereocenters. The summed E-state index contributed by atoms with van der Waals surface area (Å²) in [6, 6.07) is 0. The van der Waals surface area contributed by atoms with Gasteiger partial charge in [0, 0.05) is 17.5 Å². The Balaban J connectivity index is 2.33. The molecule has 0 aliphatic rings. The first-order valence-electron chi connectivity index (χ1n) is 5.10. The van der Waals surface area contributed by atoms with E-state index in [-0.39, 0.29) is 5.60 Å². The number of aromatic nitrogens is 1. The molecule has 4 heteroatoms. The Morgan fingerprint density at radius 3 is 2.67 bits per heavy atom. The summed E-state index contributed by atoms with van der Waals surface area (Å²) in [7, 11) is 0. The van der Waals surface area contributed by atoms with E-state index in [2.05, 4.69) is 4.98 Å². The minimum atomic E-state index is -0.463. The highest BCUT2D eigenvalue weighted by molar-refractivity contribution is 7.09. The highest BCUT2D eigenvalue weighted by Gasteiger charge is 2.14. The maximum absolute atomic E-state index is 9.72. The quantitative estimate of drug-likeness (QED) is 0.860. The van der Waals surface area contributed by atoms with Crippen LogP contribution >= 0.6 is 11.3 Å². The number of aliphatic hydroxyl groups excluding tert-OH is 1. The predicted molar refractivity (Wildman–Crippen MR) is 62.3 cm³/mol. The van der Waals surface area contributed by atoms with Crippen LogP contribution in [0.5, 0.6) is 0 Å². The van der Waals surface area contributed by atoms with E-state index in [0.29, 0.717) is 13.0 Å². The lowest BCUT2D eigenvalue weighted by molar-refractivity contribution is -0.0482. The molecule has 0 fully saturated rings. The van der Waals surface area contributed by atoms with Gasteiger partial charge in [-0.1, -0.05) is 0 Å². The van der Waals surface area contributed by atoms with E-state index in [1.54, 1.807) is 11.3 Å². The molecule has 0 saturated heterocycles. The van der Waals surface area contributed by atoms with Crippen LogP contribution in [0.25, 0.3) is 0 Å². The van der Waals surface area contributed by atoms with E-state index >= 15 is 0 Å². The molecule has 1 heterocycles. The number of ether oxygens (including phenoxy) is 1. The van der Waals surface area contributed by atoms with Crippen molar-refractivity contribution in [2.75, 3.05) is 6.61 Å². The van der Waals surface area contributed by atoms with E-state index < -0.39 is 6.10 Å². The molecule has 1 atom stereocenters. The van der Waals surface area contributed by atoms with Crippen LogP contribution in [0.3, 0.4) is 0 Å². The van der Waals surface area contributed by atoms with Crippen LogP contribution in [0.2, 0.25) is 0 Å². The van der Waals surface area contributed by atoms with E-state index in [4.69, 9.17) is 4.74 Å². The number of thiazole rings is 1. The van der Waals surface area contributed by atoms with Gasteiger partial charge in [-0.25, -0.2) is 4.98 Å². The van der Waals surface area contributed by atoms with Crippen molar-refractivity contribution in [2.24, 2.45) is 0 Å². The first kappa shape index (κ1) is 12.6. The molecule has 0 bridgehead atoms. The minimum absolute atomic E-state index is 0.195. The van der Waals surface area contributed by atoms with Crippen molar-refractivity contribution in [3.05, 3.63) is 16.1 Å². The molecule has 0 aliphatic carbocycles. The fourth-order valence-corrected chi connectivity index (χ4v) is 1.95. The standard InChI is InChI=1S/C11H19NO2S/c1-8-7-15-10(12-8)5-9(13)6-14-11(2,3)4/h7,9,13H,5-6H2,1-4H3. The molecule has 0 aromatic carbocycles. The largest absolute Gasteiger partial charge is 0.390 e. The Morgan fingerprint density at radius 2 is 2.20 bits per heavy atom. The summed E-state index contributed by atoms with van der Waals surface area (Å²) in [4.78, 5) is 4.30. The first-order valence-corrected chi connectivity index (χ1v) is 5.98. The molecular formula is C11H19NO2S. The second kappa shape index (κ2) is 5.05. The van der Waals surface area contributed by atoms with Crippen LogP contribution < -0.4 is 0 Å². The maximum Gasteiger partial charge on any atom is 0.0954 e. The molecule has 1 N–H and O–H groups in total. The number of hydrogen-bond donors (Lipinski definition) is 1. The number of nitrogens with zero attached hydrogens (tertiary/aromatic N) is 1. The number of aliphatic hydroxyl groups is 1. The van der Waals surface area contributed by atoms with Crippen molar-refractivity contribution in [3.63, 3.8) is 0 Å². The average Bonchev–Trinajstić information content (AvgIpc) is 2.47. The lowest BCUT2D eigenvalue weighted by Crippen LogP contribution is -2.27. The van der Waals surface area contributed by atoms with Crippen LogP contribution in [0.1, 0.15) is 31.5 Å². The van der Waals surface area contributed by atoms with Crippen molar-refractivity contribution in [3.8, 4) is 0 Å². The third-order valence-corrected chi connectivity index (χ3v) is 2.77. The molecule has 1 aromatic rings. The average molecular weight is 229 g/mol. The zero-order valence-corrected chi connectivity index (χ0v) is 10.6. The fraction of sp³-hybridized carbons (Fsp3) is 0.727. The van der Waals surface area contributed by atoms with Gasteiger partial charge in [0.1, 0.15) is 0 Å². The molecule has 0 amide bonds. The molecular weight excluding hydrogens is 210 g/mol. The maximum atomic E-state index is 9.72. The summed E-state index contributed by atoms with van der Waals surface area (Å²) >= 11 is 1.58. The topological polar surface area (TPSA) is 42.4 Å². The van der Waals surface area contributed by atoms with E-state index in [1.165, 1.54) is 0 Å². The Hall–Kier alpha value is -0.450. The summed E-state index contributed by atoms with van der Waals surface area (Å²) in [5, 5.41) is 12.7. The van der Waals surface area contributed by atoms with Gasteiger partial charge >= 0.3 is 0 Å². The van der Waals surface area contributed by atoms with Crippen LogP contribution in [0.15, 0.2) is 5.38 Å². The molecule has 0 aliphatic heterocycles. The highest BCUT2D eigenvalue weighted by Crippen LogP contribution is 2.13. The number of hydrogen-bond acceptors (Lipinski definition) is 4. The molecule has 3 nitrogen and oxygen atoms in total. The highest BCUT2D eigenvalue weighted by atomic mass is 32.1. The molecule has 86 valence electrons.